The first-order valence-corrected chi connectivity index (χ1v) is 12.9. The smallest absolute Gasteiger partial charge is 0.343 e. The van der Waals surface area contributed by atoms with Gasteiger partial charge in [-0.1, -0.05) is 119 Å². The van der Waals surface area contributed by atoms with Crippen LogP contribution >= 0.6 is 0 Å². The highest BCUT2D eigenvalue weighted by Crippen LogP contribution is 2.40. The molecule has 0 saturated carbocycles. The van der Waals surface area contributed by atoms with Crippen molar-refractivity contribution in [1.82, 2.24) is 0 Å². The van der Waals surface area contributed by atoms with Crippen LogP contribution in [0.25, 0.3) is 0 Å². The lowest BCUT2D eigenvalue weighted by molar-refractivity contribution is 0.0734. The van der Waals surface area contributed by atoms with E-state index in [1.807, 2.05) is 30.3 Å². The van der Waals surface area contributed by atoms with E-state index in [-0.39, 0.29) is 11.4 Å². The van der Waals surface area contributed by atoms with Crippen LogP contribution in [0.15, 0.2) is 109 Å². The minimum absolute atomic E-state index is 0.331. The molecule has 0 N–H and O–H groups in total. The molecule has 0 spiro atoms. The summed E-state index contributed by atoms with van der Waals surface area (Å²) in [5, 5.41) is 0. The van der Waals surface area contributed by atoms with Gasteiger partial charge >= 0.3 is 5.97 Å². The second kappa shape index (κ2) is 11.0. The summed E-state index contributed by atoms with van der Waals surface area (Å²) in [5.74, 6) is 0.188. The Kier molecular flexibility index (Phi) is 7.74. The van der Waals surface area contributed by atoms with E-state index < -0.39 is 0 Å². The highest BCUT2D eigenvalue weighted by Gasteiger charge is 2.31. The summed E-state index contributed by atoms with van der Waals surface area (Å²) in [7, 11) is 0. The Morgan fingerprint density at radius 2 is 1.11 bits per heavy atom. The van der Waals surface area contributed by atoms with Crippen LogP contribution in [0.5, 0.6) is 5.75 Å². The van der Waals surface area contributed by atoms with Crippen molar-refractivity contribution in [2.24, 2.45) is 5.41 Å². The maximum Gasteiger partial charge on any atom is 0.343 e. The van der Waals surface area contributed by atoms with Crippen molar-refractivity contribution in [3.8, 4) is 5.75 Å². The largest absolute Gasteiger partial charge is 0.423 e. The van der Waals surface area contributed by atoms with Gasteiger partial charge in [-0.2, -0.15) is 0 Å². The van der Waals surface area contributed by atoms with Crippen LogP contribution < -0.4 is 4.74 Å². The van der Waals surface area contributed by atoms with Crippen molar-refractivity contribution in [3.05, 3.63) is 137 Å². The Hall–Kier alpha value is -3.65. The van der Waals surface area contributed by atoms with Crippen LogP contribution in [0.1, 0.15) is 73.1 Å². The van der Waals surface area contributed by atoms with Crippen LogP contribution in [0, 0.1) is 5.41 Å². The molecule has 0 amide bonds. The molecule has 0 aliphatic carbocycles. The highest BCUT2D eigenvalue weighted by molar-refractivity contribution is 5.90. The predicted octanol–water partition coefficient (Wildman–Crippen LogP) is 8.63. The topological polar surface area (TPSA) is 26.3 Å². The highest BCUT2D eigenvalue weighted by atomic mass is 16.5. The van der Waals surface area contributed by atoms with E-state index in [0.29, 0.717) is 16.7 Å². The number of ether oxygens (including phenoxy) is 1. The van der Waals surface area contributed by atoms with Gasteiger partial charge in [-0.3, -0.25) is 0 Å². The fourth-order valence-corrected chi connectivity index (χ4v) is 4.82. The summed E-state index contributed by atoms with van der Waals surface area (Å²) in [4.78, 5) is 12.5. The van der Waals surface area contributed by atoms with Crippen molar-refractivity contribution in [2.45, 2.75) is 52.4 Å². The lowest BCUT2D eigenvalue weighted by Crippen LogP contribution is -2.25. The van der Waals surface area contributed by atoms with Crippen LogP contribution in [0.4, 0.5) is 0 Å². The first-order valence-electron chi connectivity index (χ1n) is 12.9. The molecule has 0 bridgehead atoms. The molecule has 2 heteroatoms. The fourth-order valence-electron chi connectivity index (χ4n) is 4.82. The van der Waals surface area contributed by atoms with E-state index >= 15 is 0 Å². The molecular formula is C34H36O2. The average molecular weight is 477 g/mol. The molecule has 4 aromatic carbocycles. The molecule has 4 rings (SSSR count). The van der Waals surface area contributed by atoms with Gasteiger partial charge < -0.3 is 4.74 Å². The Labute approximate surface area is 216 Å². The third-order valence-electron chi connectivity index (χ3n) is 7.87. The molecule has 4 aromatic rings. The maximum atomic E-state index is 12.5. The van der Waals surface area contributed by atoms with Crippen LogP contribution in [-0.4, -0.2) is 5.97 Å². The third kappa shape index (κ3) is 5.44. The second-order valence-corrected chi connectivity index (χ2v) is 10.2. The minimum Gasteiger partial charge on any atom is -0.423 e. The summed E-state index contributed by atoms with van der Waals surface area (Å²) in [5.41, 5.74) is 5.51. The van der Waals surface area contributed by atoms with E-state index in [4.69, 9.17) is 4.74 Å². The lowest BCUT2D eigenvalue weighted by atomic mass is 9.70. The molecule has 0 heterocycles. The van der Waals surface area contributed by atoms with Crippen molar-refractivity contribution in [1.29, 1.82) is 0 Å². The fraction of sp³-hybridized carbons (Fsp3) is 0.265. The molecule has 0 aliphatic rings. The van der Waals surface area contributed by atoms with Gasteiger partial charge in [-0.25, -0.2) is 4.79 Å². The normalized spacial score (nSPS) is 13.1. The van der Waals surface area contributed by atoms with Crippen LogP contribution in [0.3, 0.4) is 0 Å². The lowest BCUT2D eigenvalue weighted by Gasteiger charge is -2.32. The molecule has 184 valence electrons. The molecule has 0 aliphatic heterocycles. The molecule has 2 nitrogen and oxygen atoms in total. The van der Waals surface area contributed by atoms with Gasteiger partial charge in [0.2, 0.25) is 0 Å². The number of carbonyl (C=O) groups is 1. The zero-order chi connectivity index (χ0) is 25.6. The Balaban J connectivity index is 1.65. The second-order valence-electron chi connectivity index (χ2n) is 10.2. The van der Waals surface area contributed by atoms with E-state index in [1.165, 1.54) is 29.5 Å². The molecule has 0 fully saturated rings. The molecule has 36 heavy (non-hydrogen) atoms. The molecule has 0 aromatic heterocycles. The molecule has 0 saturated heterocycles. The minimum atomic E-state index is -0.351. The summed E-state index contributed by atoms with van der Waals surface area (Å²) in [6.07, 6.45) is 3.44. The van der Waals surface area contributed by atoms with Crippen LogP contribution in [-0.2, 0) is 11.8 Å². The molecule has 1 unspecified atom stereocenters. The summed E-state index contributed by atoms with van der Waals surface area (Å²) in [6.45, 7) is 9.21. The first kappa shape index (κ1) is 25.4. The summed E-state index contributed by atoms with van der Waals surface area (Å²) in [6, 6.07) is 36.7. The predicted molar refractivity (Wildman–Crippen MR) is 149 cm³/mol. The number of carbonyl (C=O) groups excluding carboxylic acids is 1. The Morgan fingerprint density at radius 3 is 1.64 bits per heavy atom. The van der Waals surface area contributed by atoms with Crippen molar-refractivity contribution in [3.63, 3.8) is 0 Å². The number of rotatable bonds is 9. The van der Waals surface area contributed by atoms with Crippen molar-refractivity contribution >= 4 is 5.97 Å². The van der Waals surface area contributed by atoms with Gasteiger partial charge in [0, 0.05) is 5.41 Å². The van der Waals surface area contributed by atoms with Crippen LogP contribution in [0.2, 0.25) is 0 Å². The van der Waals surface area contributed by atoms with E-state index in [0.717, 1.165) is 12.0 Å². The molecule has 1 atom stereocenters. The average Bonchev–Trinajstić information content (AvgIpc) is 2.94. The van der Waals surface area contributed by atoms with Gasteiger partial charge in [0.15, 0.2) is 0 Å². The van der Waals surface area contributed by atoms with E-state index in [1.54, 1.807) is 12.1 Å². The summed E-state index contributed by atoms with van der Waals surface area (Å²) < 4.78 is 5.62. The first-order chi connectivity index (χ1) is 17.4. The quantitative estimate of drug-likeness (QED) is 0.137. The van der Waals surface area contributed by atoms with Gasteiger partial charge in [-0.15, -0.1) is 0 Å². The van der Waals surface area contributed by atoms with Crippen molar-refractivity contribution in [2.75, 3.05) is 0 Å². The van der Waals surface area contributed by atoms with E-state index in [2.05, 4.69) is 94.4 Å². The Morgan fingerprint density at radius 1 is 0.639 bits per heavy atom. The van der Waals surface area contributed by atoms with Gasteiger partial charge in [0.25, 0.3) is 0 Å². The van der Waals surface area contributed by atoms with Gasteiger partial charge in [0.05, 0.1) is 5.56 Å². The van der Waals surface area contributed by atoms with E-state index in [9.17, 15) is 4.79 Å². The number of esters is 1. The zero-order valence-corrected chi connectivity index (χ0v) is 21.8. The van der Waals surface area contributed by atoms with Crippen molar-refractivity contribution < 1.29 is 9.53 Å². The third-order valence-corrected chi connectivity index (χ3v) is 7.87. The SMILES string of the molecule is CCC(C)(CC)Cc1ccc(C(C)(c2ccccc2)c2ccc(OC(=O)c3ccccc3)cc2)cc1. The number of hydrogen-bond acceptors (Lipinski definition) is 2. The number of hydrogen-bond donors (Lipinski definition) is 0. The maximum absolute atomic E-state index is 12.5. The number of benzene rings is 4. The molecule has 0 radical (unpaired) electrons. The Bertz CT molecular complexity index is 1250. The monoisotopic (exact) mass is 476 g/mol. The zero-order valence-electron chi connectivity index (χ0n) is 21.8. The van der Waals surface area contributed by atoms with Gasteiger partial charge in [0.1, 0.15) is 5.75 Å². The molecular weight excluding hydrogens is 440 g/mol. The van der Waals surface area contributed by atoms with Gasteiger partial charge in [-0.05, 0) is 65.3 Å². The summed E-state index contributed by atoms with van der Waals surface area (Å²) >= 11 is 0. The standard InChI is InChI=1S/C34H36O2/c1-5-33(3,6-2)25-26-17-19-29(20-18-26)34(4,28-15-11-8-12-16-28)30-21-23-31(24-22-30)36-32(35)27-13-9-7-10-14-27/h7-24H,5-6,25H2,1-4H3.